The molecule has 8 rings (SSSR count). The molecule has 0 spiro atoms. The van der Waals surface area contributed by atoms with Crippen LogP contribution in [-0.2, 0) is 4.74 Å². The molecule has 8 saturated carbocycles. The van der Waals surface area contributed by atoms with Crippen LogP contribution in [0, 0.1) is 82.9 Å². The van der Waals surface area contributed by atoms with Gasteiger partial charge < -0.3 is 14.9 Å². The van der Waals surface area contributed by atoms with Crippen molar-refractivity contribution in [3.63, 3.8) is 0 Å². The smallest absolute Gasteiger partial charge is 0.160 e. The van der Waals surface area contributed by atoms with Crippen molar-refractivity contribution < 1.29 is 14.9 Å². The summed E-state index contributed by atoms with van der Waals surface area (Å²) in [6.07, 6.45) is 26.2. The van der Waals surface area contributed by atoms with E-state index in [0.717, 1.165) is 96.7 Å². The van der Waals surface area contributed by atoms with E-state index in [1.165, 1.54) is 103 Å². The lowest BCUT2D eigenvalue weighted by Crippen LogP contribution is -2.47. The molecule has 2 N–H and O–H groups in total. The summed E-state index contributed by atoms with van der Waals surface area (Å²) in [7, 11) is 0. The molecule has 0 amide bonds. The Morgan fingerprint density at radius 1 is 0.359 bits per heavy atom. The summed E-state index contributed by atoms with van der Waals surface area (Å²) in [5.74, 6) is 12.1. The predicted molar refractivity (Wildman–Crippen MR) is 154 cm³/mol. The molecule has 0 bridgehead atoms. The lowest BCUT2D eigenvalue weighted by Gasteiger charge is -2.53. The van der Waals surface area contributed by atoms with Gasteiger partial charge in [0.15, 0.2) is 12.6 Å². The van der Waals surface area contributed by atoms with Crippen molar-refractivity contribution in [2.24, 2.45) is 82.9 Å². The van der Waals surface area contributed by atoms with Crippen LogP contribution in [0.15, 0.2) is 0 Å². The molecule has 8 aliphatic rings. The van der Waals surface area contributed by atoms with Crippen molar-refractivity contribution in [1.29, 1.82) is 0 Å². The van der Waals surface area contributed by atoms with Crippen LogP contribution in [0.2, 0.25) is 0 Å². The first-order valence-electron chi connectivity index (χ1n) is 18.2. The number of ether oxygens (including phenoxy) is 1. The first-order valence-corrected chi connectivity index (χ1v) is 18.2. The maximum absolute atomic E-state index is 11.2. The molecule has 0 radical (unpaired) electrons. The van der Waals surface area contributed by atoms with Crippen molar-refractivity contribution in [3.05, 3.63) is 0 Å². The summed E-state index contributed by atoms with van der Waals surface area (Å²) >= 11 is 0. The van der Waals surface area contributed by atoms with Crippen LogP contribution in [0.25, 0.3) is 0 Å². The van der Waals surface area contributed by atoms with E-state index >= 15 is 0 Å². The third-order valence-electron chi connectivity index (χ3n) is 15.5. The van der Waals surface area contributed by atoms with Crippen LogP contribution in [0.5, 0.6) is 0 Å². The number of fused-ring (bicyclic) bond motifs is 10. The molecule has 0 aromatic heterocycles. The Labute approximate surface area is 238 Å². The van der Waals surface area contributed by atoms with Crippen molar-refractivity contribution in [2.45, 2.75) is 141 Å². The van der Waals surface area contributed by atoms with Crippen molar-refractivity contribution in [2.75, 3.05) is 0 Å². The van der Waals surface area contributed by atoms with Crippen LogP contribution in [0.4, 0.5) is 0 Å². The fourth-order valence-electron chi connectivity index (χ4n) is 13.9. The van der Waals surface area contributed by atoms with Gasteiger partial charge in [0.2, 0.25) is 0 Å². The molecule has 0 aromatic rings. The van der Waals surface area contributed by atoms with E-state index in [0.29, 0.717) is 0 Å². The zero-order chi connectivity index (χ0) is 26.1. The average Bonchev–Trinajstić information content (AvgIpc) is 3.66. The summed E-state index contributed by atoms with van der Waals surface area (Å²) < 4.78 is 6.13. The molecular weight excluding hydrogens is 480 g/mol. The van der Waals surface area contributed by atoms with E-state index < -0.39 is 12.6 Å². The lowest BCUT2D eigenvalue weighted by atomic mass is 9.53. The van der Waals surface area contributed by atoms with Crippen LogP contribution in [0.3, 0.4) is 0 Å². The van der Waals surface area contributed by atoms with Crippen LogP contribution < -0.4 is 0 Å². The highest BCUT2D eigenvalue weighted by atomic mass is 16.7. The van der Waals surface area contributed by atoms with E-state index in [2.05, 4.69) is 0 Å². The Morgan fingerprint density at radius 2 is 0.718 bits per heavy atom. The zero-order valence-electron chi connectivity index (χ0n) is 24.7. The van der Waals surface area contributed by atoms with E-state index in [-0.39, 0.29) is 11.8 Å². The van der Waals surface area contributed by atoms with Gasteiger partial charge in [0.1, 0.15) is 0 Å². The highest BCUT2D eigenvalue weighted by Gasteiger charge is 2.52. The van der Waals surface area contributed by atoms with Gasteiger partial charge in [-0.05, 0) is 174 Å². The first-order chi connectivity index (χ1) is 19.1. The van der Waals surface area contributed by atoms with Gasteiger partial charge in [-0.25, -0.2) is 0 Å². The van der Waals surface area contributed by atoms with E-state index in [4.69, 9.17) is 4.74 Å². The SMILES string of the molecule is OC(OC(O)C1CC[C@H]2C(CC[C@H]3[C@@H]4CCC[C@H]4CC[C@@H]32)C1)C1CCC2C(CCC3C4CCCC4CCC23)C1. The van der Waals surface area contributed by atoms with Crippen LogP contribution >= 0.6 is 0 Å². The molecule has 16 atom stereocenters. The number of hydrogen-bond acceptors (Lipinski definition) is 3. The molecule has 11 unspecified atom stereocenters. The maximum atomic E-state index is 11.2. The monoisotopic (exact) mass is 538 g/mol. The normalized spacial score (nSPS) is 54.3. The van der Waals surface area contributed by atoms with Crippen molar-refractivity contribution >= 4 is 0 Å². The molecule has 8 aliphatic carbocycles. The Morgan fingerprint density at radius 3 is 1.15 bits per heavy atom. The summed E-state index contributed by atoms with van der Waals surface area (Å²) in [4.78, 5) is 0. The molecular formula is C36H58O3. The minimum atomic E-state index is -0.768. The maximum Gasteiger partial charge on any atom is 0.160 e. The Hall–Kier alpha value is -0.120. The van der Waals surface area contributed by atoms with E-state index in [9.17, 15) is 10.2 Å². The number of rotatable bonds is 4. The Balaban J connectivity index is 0.841. The molecule has 0 aromatic carbocycles. The van der Waals surface area contributed by atoms with Gasteiger partial charge in [-0.15, -0.1) is 0 Å². The minimum absolute atomic E-state index is 0.230. The summed E-state index contributed by atoms with van der Waals surface area (Å²) in [5.41, 5.74) is 0. The predicted octanol–water partition coefficient (Wildman–Crippen LogP) is 8.18. The summed E-state index contributed by atoms with van der Waals surface area (Å²) in [5, 5.41) is 22.4. The van der Waals surface area contributed by atoms with Gasteiger partial charge in [-0.1, -0.05) is 25.7 Å². The van der Waals surface area contributed by atoms with Crippen molar-refractivity contribution in [3.8, 4) is 0 Å². The largest absolute Gasteiger partial charge is 0.368 e. The highest BCUT2D eigenvalue weighted by Crippen LogP contribution is 2.60. The zero-order valence-corrected chi connectivity index (χ0v) is 24.7. The second-order valence-electron chi connectivity index (χ2n) is 16.6. The van der Waals surface area contributed by atoms with Gasteiger partial charge in [-0.3, -0.25) is 0 Å². The molecule has 8 fully saturated rings. The number of hydrogen-bond donors (Lipinski definition) is 2. The topological polar surface area (TPSA) is 49.7 Å². The molecule has 3 nitrogen and oxygen atoms in total. The van der Waals surface area contributed by atoms with Crippen LogP contribution in [-0.4, -0.2) is 22.8 Å². The number of aliphatic hydroxyl groups is 2. The van der Waals surface area contributed by atoms with Gasteiger partial charge in [0.05, 0.1) is 0 Å². The first kappa shape index (κ1) is 26.5. The fraction of sp³-hybridized carbons (Fsp3) is 1.00. The fourth-order valence-corrected chi connectivity index (χ4v) is 13.9. The van der Waals surface area contributed by atoms with E-state index in [1.54, 1.807) is 0 Å². The second kappa shape index (κ2) is 10.9. The molecule has 0 heterocycles. The van der Waals surface area contributed by atoms with Gasteiger partial charge in [-0.2, -0.15) is 0 Å². The molecule has 0 saturated heterocycles. The molecule has 0 aliphatic heterocycles. The minimum Gasteiger partial charge on any atom is -0.368 e. The summed E-state index contributed by atoms with van der Waals surface area (Å²) in [6, 6.07) is 0. The van der Waals surface area contributed by atoms with Crippen LogP contribution in [0.1, 0.15) is 128 Å². The van der Waals surface area contributed by atoms with E-state index in [1.807, 2.05) is 0 Å². The molecule has 39 heavy (non-hydrogen) atoms. The third-order valence-corrected chi connectivity index (χ3v) is 15.5. The summed E-state index contributed by atoms with van der Waals surface area (Å²) in [6.45, 7) is 0. The third kappa shape index (κ3) is 4.70. The molecule has 220 valence electrons. The van der Waals surface area contributed by atoms with Gasteiger partial charge >= 0.3 is 0 Å². The lowest BCUT2D eigenvalue weighted by molar-refractivity contribution is -0.258. The quantitative estimate of drug-likeness (QED) is 0.355. The standard InChI is InChI=1S/C36H58O3/c37-35(25-11-13-29-23(19-25)9-17-31-27-5-1-3-21(27)7-15-33(29)31)39-36(38)26-12-14-30-24(20-26)10-18-32-28-6-2-4-22(28)8-16-34(30)32/h21-38H,1-20H2/t21-,22?,23?,24?,25?,26?,27+,28?,29-,30?,31-,32?,33+,34?,35?,36?/m0/s1. The Bertz CT molecular complexity index is 790. The average molecular weight is 539 g/mol. The second-order valence-corrected chi connectivity index (χ2v) is 16.6. The Kier molecular flexibility index (Phi) is 7.38. The van der Waals surface area contributed by atoms with Gasteiger partial charge in [0.25, 0.3) is 0 Å². The molecule has 3 heteroatoms. The highest BCUT2D eigenvalue weighted by molar-refractivity contribution is 5.01. The van der Waals surface area contributed by atoms with Crippen molar-refractivity contribution in [1.82, 2.24) is 0 Å². The van der Waals surface area contributed by atoms with Gasteiger partial charge in [0, 0.05) is 11.8 Å². The number of aliphatic hydroxyl groups excluding tert-OH is 2.